The molecule has 0 saturated carbocycles. The minimum atomic E-state index is 0.832. The summed E-state index contributed by atoms with van der Waals surface area (Å²) in [7, 11) is 0. The van der Waals surface area contributed by atoms with Crippen molar-refractivity contribution in [1.29, 1.82) is 0 Å². The van der Waals surface area contributed by atoms with E-state index in [9.17, 15) is 0 Å². The Morgan fingerprint density at radius 2 is 0.900 bits per heavy atom. The molecule has 0 heteroatoms. The maximum atomic E-state index is 3.19. The molecule has 0 amide bonds. The molecule has 0 aliphatic heterocycles. The SMILES string of the molecule is C(#CCc1ccccc1)CCC#CCc1ccccc1. The number of hydrogen-bond donors (Lipinski definition) is 0. The summed E-state index contributed by atoms with van der Waals surface area (Å²) in [6.07, 6.45) is 3.37. The molecule has 0 atom stereocenters. The summed E-state index contributed by atoms with van der Waals surface area (Å²) < 4.78 is 0. The predicted molar refractivity (Wildman–Crippen MR) is 85.1 cm³/mol. The Hall–Kier alpha value is -2.44. The van der Waals surface area contributed by atoms with Crippen molar-refractivity contribution in [2.24, 2.45) is 0 Å². The lowest BCUT2D eigenvalue weighted by molar-refractivity contribution is 1.11. The lowest BCUT2D eigenvalue weighted by Crippen LogP contribution is -1.79. The average molecular weight is 258 g/mol. The predicted octanol–water partition coefficient (Wildman–Crippen LogP) is 4.26. The molecule has 98 valence electrons. The first-order valence-electron chi connectivity index (χ1n) is 6.94. The third-order valence-corrected chi connectivity index (χ3v) is 2.90. The molecular formula is C20H18. The molecule has 0 radical (unpaired) electrons. The topological polar surface area (TPSA) is 0 Å². The fourth-order valence-corrected chi connectivity index (χ4v) is 1.82. The van der Waals surface area contributed by atoms with Crippen molar-refractivity contribution in [2.75, 3.05) is 0 Å². The van der Waals surface area contributed by atoms with Gasteiger partial charge < -0.3 is 0 Å². The number of benzene rings is 2. The van der Waals surface area contributed by atoms with Crippen molar-refractivity contribution in [2.45, 2.75) is 25.7 Å². The zero-order valence-corrected chi connectivity index (χ0v) is 11.6. The second-order valence-electron chi connectivity index (χ2n) is 4.53. The quantitative estimate of drug-likeness (QED) is 0.570. The maximum absolute atomic E-state index is 3.19. The molecule has 2 aromatic carbocycles. The van der Waals surface area contributed by atoms with Gasteiger partial charge in [-0.25, -0.2) is 0 Å². The van der Waals surface area contributed by atoms with Crippen LogP contribution in [0.1, 0.15) is 24.0 Å². The minimum Gasteiger partial charge on any atom is -0.102 e. The van der Waals surface area contributed by atoms with Crippen molar-refractivity contribution in [3.8, 4) is 23.7 Å². The van der Waals surface area contributed by atoms with Gasteiger partial charge in [-0.05, 0) is 11.1 Å². The summed E-state index contributed by atoms with van der Waals surface area (Å²) >= 11 is 0. The first kappa shape index (κ1) is 14.0. The van der Waals surface area contributed by atoms with E-state index >= 15 is 0 Å². The monoisotopic (exact) mass is 258 g/mol. The second kappa shape index (κ2) is 8.63. The van der Waals surface area contributed by atoms with Gasteiger partial charge in [0.25, 0.3) is 0 Å². The summed E-state index contributed by atoms with van der Waals surface area (Å²) in [6.45, 7) is 0. The van der Waals surface area contributed by atoms with E-state index in [1.165, 1.54) is 11.1 Å². The standard InChI is InChI=1S/C20H18/c1(3-7-13-19-15-9-5-10-16-19)2-4-8-14-20-17-11-6-12-18-20/h5-6,9-12,15-18H,1-2,13-14H2. The number of unbranched alkanes of at least 4 members (excludes halogenated alkanes) is 1. The second-order valence-corrected chi connectivity index (χ2v) is 4.53. The van der Waals surface area contributed by atoms with E-state index in [-0.39, 0.29) is 0 Å². The van der Waals surface area contributed by atoms with Crippen LogP contribution in [-0.2, 0) is 12.8 Å². The lowest BCUT2D eigenvalue weighted by atomic mass is 10.1. The summed E-state index contributed by atoms with van der Waals surface area (Å²) in [5.41, 5.74) is 2.55. The fourth-order valence-electron chi connectivity index (χ4n) is 1.82. The van der Waals surface area contributed by atoms with E-state index in [1.807, 2.05) is 36.4 Å². The van der Waals surface area contributed by atoms with Crippen molar-refractivity contribution in [1.82, 2.24) is 0 Å². The van der Waals surface area contributed by atoms with Gasteiger partial charge in [0.05, 0.1) is 0 Å². The third kappa shape index (κ3) is 5.47. The van der Waals surface area contributed by atoms with Crippen LogP contribution in [-0.4, -0.2) is 0 Å². The van der Waals surface area contributed by atoms with Gasteiger partial charge >= 0.3 is 0 Å². The largest absolute Gasteiger partial charge is 0.102 e. The molecular weight excluding hydrogens is 240 g/mol. The summed E-state index contributed by atoms with van der Waals surface area (Å²) in [5, 5.41) is 0. The molecule has 0 spiro atoms. The van der Waals surface area contributed by atoms with Crippen LogP contribution >= 0.6 is 0 Å². The van der Waals surface area contributed by atoms with Gasteiger partial charge in [0.1, 0.15) is 0 Å². The van der Waals surface area contributed by atoms with E-state index in [4.69, 9.17) is 0 Å². The summed E-state index contributed by atoms with van der Waals surface area (Å²) in [4.78, 5) is 0. The Morgan fingerprint density at radius 3 is 1.30 bits per heavy atom. The molecule has 0 aliphatic carbocycles. The van der Waals surface area contributed by atoms with Crippen LogP contribution in [0.25, 0.3) is 0 Å². The highest BCUT2D eigenvalue weighted by molar-refractivity contribution is 5.22. The van der Waals surface area contributed by atoms with E-state index in [0.29, 0.717) is 0 Å². The molecule has 2 rings (SSSR count). The smallest absolute Gasteiger partial charge is 0.0340 e. The van der Waals surface area contributed by atoms with Gasteiger partial charge in [-0.1, -0.05) is 72.5 Å². The number of hydrogen-bond acceptors (Lipinski definition) is 0. The number of rotatable bonds is 3. The maximum Gasteiger partial charge on any atom is 0.0340 e. The Labute approximate surface area is 121 Å². The van der Waals surface area contributed by atoms with Crippen LogP contribution in [0.3, 0.4) is 0 Å². The normalized spacial score (nSPS) is 9.00. The summed E-state index contributed by atoms with van der Waals surface area (Å²) in [6, 6.07) is 20.7. The van der Waals surface area contributed by atoms with Crippen molar-refractivity contribution in [3.05, 3.63) is 71.8 Å². The van der Waals surface area contributed by atoms with E-state index in [2.05, 4.69) is 47.9 Å². The highest BCUT2D eigenvalue weighted by Gasteiger charge is 1.86. The Balaban J connectivity index is 1.65. The van der Waals surface area contributed by atoms with Crippen molar-refractivity contribution >= 4 is 0 Å². The lowest BCUT2D eigenvalue weighted by Gasteiger charge is -1.91. The molecule has 0 bridgehead atoms. The third-order valence-electron chi connectivity index (χ3n) is 2.90. The van der Waals surface area contributed by atoms with E-state index in [0.717, 1.165) is 25.7 Å². The first-order chi connectivity index (χ1) is 9.95. The molecule has 0 N–H and O–H groups in total. The van der Waals surface area contributed by atoms with Gasteiger partial charge in [-0.2, -0.15) is 0 Å². The fraction of sp³-hybridized carbons (Fsp3) is 0.200. The van der Waals surface area contributed by atoms with Crippen LogP contribution in [0.15, 0.2) is 60.7 Å². The molecule has 0 unspecified atom stereocenters. The zero-order chi connectivity index (χ0) is 13.9. The molecule has 2 aromatic rings. The molecule has 0 heterocycles. The Morgan fingerprint density at radius 1 is 0.500 bits per heavy atom. The van der Waals surface area contributed by atoms with Crippen molar-refractivity contribution in [3.63, 3.8) is 0 Å². The molecule has 20 heavy (non-hydrogen) atoms. The highest BCUT2D eigenvalue weighted by Crippen LogP contribution is 1.99. The van der Waals surface area contributed by atoms with Gasteiger partial charge in [0.15, 0.2) is 0 Å². The van der Waals surface area contributed by atoms with Crippen molar-refractivity contribution < 1.29 is 0 Å². The van der Waals surface area contributed by atoms with Gasteiger partial charge in [-0.15, -0.1) is 11.8 Å². The van der Waals surface area contributed by atoms with Gasteiger partial charge in [0.2, 0.25) is 0 Å². The Kier molecular flexibility index (Phi) is 6.03. The van der Waals surface area contributed by atoms with Crippen LogP contribution in [0.2, 0.25) is 0 Å². The van der Waals surface area contributed by atoms with Crippen LogP contribution in [0.4, 0.5) is 0 Å². The molecule has 0 saturated heterocycles. The van der Waals surface area contributed by atoms with Gasteiger partial charge in [-0.3, -0.25) is 0 Å². The average Bonchev–Trinajstić information content (AvgIpc) is 2.52. The van der Waals surface area contributed by atoms with Crippen LogP contribution in [0.5, 0.6) is 0 Å². The zero-order valence-electron chi connectivity index (χ0n) is 11.6. The molecule has 0 aromatic heterocycles. The molecule has 0 fully saturated rings. The van der Waals surface area contributed by atoms with Crippen LogP contribution < -0.4 is 0 Å². The van der Waals surface area contributed by atoms with E-state index in [1.54, 1.807) is 0 Å². The minimum absolute atomic E-state index is 0.832. The first-order valence-corrected chi connectivity index (χ1v) is 6.94. The summed E-state index contributed by atoms with van der Waals surface area (Å²) in [5.74, 6) is 12.7. The highest BCUT2D eigenvalue weighted by atomic mass is 13.9. The van der Waals surface area contributed by atoms with Crippen LogP contribution in [0, 0.1) is 23.7 Å². The molecule has 0 nitrogen and oxygen atoms in total. The van der Waals surface area contributed by atoms with Gasteiger partial charge in [0, 0.05) is 25.7 Å². The Bertz CT molecular complexity index is 556. The van der Waals surface area contributed by atoms with E-state index < -0.39 is 0 Å². The molecule has 0 aliphatic rings.